The molecule has 15 nitrogen and oxygen atoms in total. The first-order valence-electron chi connectivity index (χ1n) is 26.9. The van der Waals surface area contributed by atoms with E-state index in [2.05, 4.69) is 56.2 Å². The van der Waals surface area contributed by atoms with E-state index < -0.39 is 70.6 Å². The number of alkyl halides is 3. The van der Waals surface area contributed by atoms with Gasteiger partial charge in [-0.15, -0.1) is 11.8 Å². The summed E-state index contributed by atoms with van der Waals surface area (Å²) < 4.78 is 115. The van der Waals surface area contributed by atoms with Gasteiger partial charge in [0.1, 0.15) is 10.7 Å². The quantitative estimate of drug-likeness (QED) is 0.0528. The van der Waals surface area contributed by atoms with Gasteiger partial charge in [0.25, 0.3) is 25.8 Å². The molecule has 3 heterocycles. The third kappa shape index (κ3) is 15.0. The first-order chi connectivity index (χ1) is 38.5. The first kappa shape index (κ1) is 59.6. The standard InChI is InChI=1S/C58H65ClF4N8O7S3/c1-57(2)23-20-49(41-9-13-44(59)14-10-41)43(36-57)38-69-30-32-70(33-31-69)46-15-11-42(12-16-46)55(73)66-81(77,78)48-17-18-51(53(35-48)80(75,76)58(61,62)63)64-45(39-79-47-6-4-3-5-7-47)21-24-67-26-28-68(29-27-67)37-40-8-19-52(50(60)34-40)71-25-22-54(72)65-56(71)74/h3-19,34-35,45,64H,20-33,36-39H2,1-2H3,(H,66,73)(H,65,72,74)/t45-/m1/s1. The van der Waals surface area contributed by atoms with Gasteiger partial charge in [-0.1, -0.05) is 67.4 Å². The van der Waals surface area contributed by atoms with E-state index in [1.807, 2.05) is 47.2 Å². The molecule has 0 spiro atoms. The van der Waals surface area contributed by atoms with Gasteiger partial charge in [0, 0.05) is 118 Å². The molecule has 1 aliphatic carbocycles. The molecule has 3 fully saturated rings. The van der Waals surface area contributed by atoms with Gasteiger partial charge in [0.05, 0.1) is 16.3 Å². The molecule has 81 heavy (non-hydrogen) atoms. The highest BCUT2D eigenvalue weighted by molar-refractivity contribution is 7.99. The second-order valence-corrected chi connectivity index (χ2v) is 26.8. The van der Waals surface area contributed by atoms with Crippen LogP contribution in [0, 0.1) is 11.2 Å². The number of piperazine rings is 2. The van der Waals surface area contributed by atoms with Gasteiger partial charge in [-0.25, -0.2) is 30.7 Å². The van der Waals surface area contributed by atoms with E-state index in [4.69, 9.17) is 11.6 Å². The number of carbonyl (C=O) groups is 3. The molecule has 3 saturated heterocycles. The number of urea groups is 1. The van der Waals surface area contributed by atoms with Crippen molar-refractivity contribution in [2.45, 2.75) is 78.7 Å². The Bertz CT molecular complexity index is 3360. The third-order valence-corrected chi connectivity index (χ3v) is 19.6. The molecule has 3 aliphatic heterocycles. The number of hydrogen-bond donors (Lipinski definition) is 3. The van der Waals surface area contributed by atoms with E-state index in [0.717, 1.165) is 61.6 Å². The maximum absolute atomic E-state index is 15.2. The number of benzene rings is 5. The third-order valence-electron chi connectivity index (χ3n) is 15.3. The van der Waals surface area contributed by atoms with E-state index >= 15 is 4.39 Å². The fourth-order valence-electron chi connectivity index (χ4n) is 10.8. The number of hydrogen-bond acceptors (Lipinski definition) is 13. The lowest BCUT2D eigenvalue weighted by atomic mass is 9.73. The summed E-state index contributed by atoms with van der Waals surface area (Å²) in [4.78, 5) is 46.2. The predicted octanol–water partition coefficient (Wildman–Crippen LogP) is 9.90. The Morgan fingerprint density at radius 2 is 1.44 bits per heavy atom. The van der Waals surface area contributed by atoms with Gasteiger partial charge in [-0.2, -0.15) is 13.2 Å². The molecule has 432 valence electrons. The molecular formula is C58H65ClF4N8O7S3. The Labute approximate surface area is 480 Å². The topological polar surface area (TPSA) is 172 Å². The van der Waals surface area contributed by atoms with Crippen molar-refractivity contribution < 1.29 is 48.8 Å². The molecule has 4 amide bonds. The molecule has 0 saturated carbocycles. The van der Waals surface area contributed by atoms with E-state index in [9.17, 15) is 44.4 Å². The van der Waals surface area contributed by atoms with E-state index in [1.165, 1.54) is 57.6 Å². The number of halogens is 5. The van der Waals surface area contributed by atoms with Crippen LogP contribution in [0.4, 0.5) is 39.4 Å². The fraction of sp³-hybridized carbons (Fsp3) is 0.397. The van der Waals surface area contributed by atoms with Gasteiger partial charge in [-0.3, -0.25) is 29.6 Å². The van der Waals surface area contributed by atoms with Gasteiger partial charge in [0.15, 0.2) is 0 Å². The summed E-state index contributed by atoms with van der Waals surface area (Å²) in [6.45, 7) is 11.9. The lowest BCUT2D eigenvalue weighted by molar-refractivity contribution is -0.120. The zero-order valence-electron chi connectivity index (χ0n) is 45.0. The van der Waals surface area contributed by atoms with Crippen molar-refractivity contribution in [2.75, 3.05) is 92.9 Å². The first-order valence-corrected chi connectivity index (χ1v) is 31.2. The molecule has 9 rings (SSSR count). The molecule has 0 bridgehead atoms. The number of thioether (sulfide) groups is 1. The van der Waals surface area contributed by atoms with Crippen LogP contribution in [0.15, 0.2) is 136 Å². The average molecular weight is 1190 g/mol. The van der Waals surface area contributed by atoms with Crippen molar-refractivity contribution in [3.8, 4) is 0 Å². The van der Waals surface area contributed by atoms with E-state index in [1.54, 1.807) is 18.2 Å². The SMILES string of the molecule is CC1(C)CCC(c2ccc(Cl)cc2)=C(CN2CCN(c3ccc(C(=O)NS(=O)(=O)c4ccc(N[C@H](CCN5CCN(Cc6ccc(N7CCC(=O)NC7=O)c(F)c6)CC5)CSc5ccccc5)c(S(=O)(=O)C(F)(F)F)c4)cc3)CC2)C1. The highest BCUT2D eigenvalue weighted by atomic mass is 35.5. The zero-order valence-corrected chi connectivity index (χ0v) is 48.2. The van der Waals surface area contributed by atoms with Crippen LogP contribution in [0.25, 0.3) is 5.57 Å². The molecule has 5 aromatic carbocycles. The summed E-state index contributed by atoms with van der Waals surface area (Å²) in [5, 5.41) is 5.91. The Hall–Kier alpha value is -6.01. The number of sulfone groups is 1. The van der Waals surface area contributed by atoms with E-state index in [0.29, 0.717) is 81.2 Å². The van der Waals surface area contributed by atoms with Crippen LogP contribution in [-0.4, -0.2) is 139 Å². The van der Waals surface area contributed by atoms with Crippen LogP contribution in [0.5, 0.6) is 0 Å². The lowest BCUT2D eigenvalue weighted by Crippen LogP contribution is -2.49. The smallest absolute Gasteiger partial charge is 0.380 e. The maximum Gasteiger partial charge on any atom is 0.501 e. The van der Waals surface area contributed by atoms with Crippen LogP contribution in [0.3, 0.4) is 0 Å². The van der Waals surface area contributed by atoms with Crippen molar-refractivity contribution >= 4 is 83.7 Å². The number of amides is 4. The van der Waals surface area contributed by atoms with Gasteiger partial charge < -0.3 is 15.1 Å². The second kappa shape index (κ2) is 25.2. The van der Waals surface area contributed by atoms with Crippen molar-refractivity contribution in [3.63, 3.8) is 0 Å². The zero-order chi connectivity index (χ0) is 57.7. The summed E-state index contributed by atoms with van der Waals surface area (Å²) in [6.07, 6.45) is 3.52. The lowest BCUT2D eigenvalue weighted by Gasteiger charge is -2.39. The molecule has 5 aromatic rings. The fourth-order valence-corrected chi connectivity index (χ4v) is 13.9. The van der Waals surface area contributed by atoms with Crippen molar-refractivity contribution in [2.24, 2.45) is 5.41 Å². The number of allylic oxidation sites excluding steroid dienone is 1. The Morgan fingerprint density at radius 3 is 2.11 bits per heavy atom. The summed E-state index contributed by atoms with van der Waals surface area (Å²) in [5.41, 5.74) is -0.487. The number of nitrogens with one attached hydrogen (secondary N) is 3. The number of carbonyl (C=O) groups excluding carboxylic acids is 3. The Kier molecular flexibility index (Phi) is 18.6. The molecule has 3 N–H and O–H groups in total. The van der Waals surface area contributed by atoms with Crippen LogP contribution in [0.2, 0.25) is 5.02 Å². The average Bonchev–Trinajstić information content (AvgIpc) is 3.54. The molecule has 0 aromatic heterocycles. The second-order valence-electron chi connectivity index (χ2n) is 21.7. The van der Waals surface area contributed by atoms with Crippen molar-refractivity contribution in [3.05, 3.63) is 148 Å². The number of rotatable bonds is 19. The minimum atomic E-state index is -6.15. The van der Waals surface area contributed by atoms with Gasteiger partial charge in [-0.05, 0) is 127 Å². The number of imide groups is 1. The van der Waals surface area contributed by atoms with Gasteiger partial charge in [0.2, 0.25) is 5.91 Å². The molecule has 1 atom stereocenters. The summed E-state index contributed by atoms with van der Waals surface area (Å²) in [7, 11) is -11.1. The minimum absolute atomic E-state index is 0.0311. The van der Waals surface area contributed by atoms with Crippen molar-refractivity contribution in [1.29, 1.82) is 0 Å². The highest BCUT2D eigenvalue weighted by Gasteiger charge is 2.48. The Morgan fingerprint density at radius 1 is 0.778 bits per heavy atom. The number of nitrogens with zero attached hydrogens (tertiary/aromatic N) is 5. The van der Waals surface area contributed by atoms with Gasteiger partial charge >= 0.3 is 11.5 Å². The van der Waals surface area contributed by atoms with E-state index in [-0.39, 0.29) is 29.6 Å². The molecule has 0 unspecified atom stereocenters. The van der Waals surface area contributed by atoms with Crippen LogP contribution >= 0.6 is 23.4 Å². The van der Waals surface area contributed by atoms with Crippen LogP contribution in [0.1, 0.15) is 67.4 Å². The number of sulfonamides is 1. The minimum Gasteiger partial charge on any atom is -0.380 e. The molecule has 0 radical (unpaired) electrons. The highest BCUT2D eigenvalue weighted by Crippen LogP contribution is 2.43. The van der Waals surface area contributed by atoms with Crippen LogP contribution < -0.4 is 25.2 Å². The molecular weight excluding hydrogens is 1130 g/mol. The molecule has 4 aliphatic rings. The normalized spacial score (nSPS) is 18.4. The largest absolute Gasteiger partial charge is 0.501 e. The van der Waals surface area contributed by atoms with Crippen molar-refractivity contribution in [1.82, 2.24) is 24.7 Å². The molecule has 23 heteroatoms. The summed E-state index contributed by atoms with van der Waals surface area (Å²) in [6, 6.07) is 29.3. The number of anilines is 3. The predicted molar refractivity (Wildman–Crippen MR) is 308 cm³/mol. The Balaban J connectivity index is 0.829. The summed E-state index contributed by atoms with van der Waals surface area (Å²) in [5.74, 6) is -1.77. The monoisotopic (exact) mass is 1190 g/mol. The maximum atomic E-state index is 15.2. The van der Waals surface area contributed by atoms with Crippen LogP contribution in [-0.2, 0) is 31.2 Å². The summed E-state index contributed by atoms with van der Waals surface area (Å²) >= 11 is 7.61.